The van der Waals surface area contributed by atoms with Gasteiger partial charge in [0.1, 0.15) is 18.3 Å². The lowest BCUT2D eigenvalue weighted by atomic mass is 9.97. The summed E-state index contributed by atoms with van der Waals surface area (Å²) in [4.78, 5) is 36.9. The standard InChI is InChI=1S/C29H29Cl2F2N9O3/c1-16-4-3-5-23(24-10-17(8-9-41(24)45-2)27-21(38-28(16)44)13-37-42(27)29(32)33)39-15-36-20(12-26(39)43)19-11-18(30)6-7-22(19)40(35)14-25(31)34/h6-16,23,29H,3-5,34-35H2,1-2H3/p+1/b25-14-,27-17?,38-21?. The summed E-state index contributed by atoms with van der Waals surface area (Å²) < 4.78 is 31.5. The van der Waals surface area contributed by atoms with Crippen LogP contribution in [0, 0.1) is 5.92 Å². The van der Waals surface area contributed by atoms with Crippen LogP contribution in [0.2, 0.25) is 5.02 Å². The van der Waals surface area contributed by atoms with Gasteiger partial charge in [-0.25, -0.2) is 15.5 Å². The molecule has 0 aliphatic carbocycles. The smallest absolute Gasteiger partial charge is 0.333 e. The van der Waals surface area contributed by atoms with Gasteiger partial charge in [-0.15, -0.1) is 0 Å². The lowest BCUT2D eigenvalue weighted by Crippen LogP contribution is -2.47. The van der Waals surface area contributed by atoms with E-state index in [-0.39, 0.29) is 28.1 Å². The maximum atomic E-state index is 14.0. The third kappa shape index (κ3) is 6.62. The van der Waals surface area contributed by atoms with Crippen LogP contribution in [0.1, 0.15) is 44.5 Å². The molecule has 2 bridgehead atoms. The van der Waals surface area contributed by atoms with Crippen LogP contribution in [-0.4, -0.2) is 32.3 Å². The van der Waals surface area contributed by atoms with Crippen molar-refractivity contribution in [1.29, 1.82) is 0 Å². The van der Waals surface area contributed by atoms with Crippen molar-refractivity contribution >= 4 is 40.5 Å². The van der Waals surface area contributed by atoms with Crippen LogP contribution in [0.3, 0.4) is 0 Å². The van der Waals surface area contributed by atoms with Crippen molar-refractivity contribution in [2.45, 2.75) is 38.8 Å². The molecule has 236 valence electrons. The molecule has 2 unspecified atom stereocenters. The zero-order valence-electron chi connectivity index (χ0n) is 24.2. The number of aromatic nitrogens is 5. The van der Waals surface area contributed by atoms with Gasteiger partial charge >= 0.3 is 6.55 Å². The number of hydrogen-bond donors (Lipinski definition) is 3. The number of nitrogens with two attached hydrogens (primary N) is 2. The Bertz CT molecular complexity index is 1820. The molecule has 1 aromatic carbocycles. The van der Waals surface area contributed by atoms with Gasteiger partial charge < -0.3 is 11.1 Å². The summed E-state index contributed by atoms with van der Waals surface area (Å²) in [7, 11) is 1.45. The van der Waals surface area contributed by atoms with Crippen molar-refractivity contribution in [3.05, 3.63) is 87.5 Å². The van der Waals surface area contributed by atoms with Crippen molar-refractivity contribution in [3.8, 4) is 22.5 Å². The molecule has 4 heterocycles. The minimum atomic E-state index is -2.97. The molecule has 1 aliphatic rings. The summed E-state index contributed by atoms with van der Waals surface area (Å²) in [5, 5.41) is 8.08. The molecule has 45 heavy (non-hydrogen) atoms. The summed E-state index contributed by atoms with van der Waals surface area (Å²) in [5.74, 6) is 5.36. The molecule has 5 N–H and O–H groups in total. The van der Waals surface area contributed by atoms with Gasteiger partial charge in [0.25, 0.3) is 11.3 Å². The summed E-state index contributed by atoms with van der Waals surface area (Å²) >= 11 is 12.1. The zero-order chi connectivity index (χ0) is 32.4. The predicted octanol–water partition coefficient (Wildman–Crippen LogP) is 4.19. The quantitative estimate of drug-likeness (QED) is 0.121. The number of nitrogens with one attached hydrogen (secondary N) is 1. The van der Waals surface area contributed by atoms with Gasteiger partial charge in [-0.2, -0.15) is 13.9 Å². The van der Waals surface area contributed by atoms with Crippen molar-refractivity contribution in [1.82, 2.24) is 19.3 Å². The monoisotopic (exact) mass is 660 g/mol. The Balaban J connectivity index is 1.66. The van der Waals surface area contributed by atoms with Crippen molar-refractivity contribution in [2.24, 2.45) is 17.5 Å². The number of halogens is 4. The first-order valence-corrected chi connectivity index (χ1v) is 14.6. The van der Waals surface area contributed by atoms with E-state index in [1.807, 2.05) is 0 Å². The molecule has 1 amide bonds. The molecule has 4 aromatic rings. The lowest BCUT2D eigenvalue weighted by Gasteiger charge is -2.21. The lowest BCUT2D eigenvalue weighted by molar-refractivity contribution is -0.891. The van der Waals surface area contributed by atoms with E-state index in [2.05, 4.69) is 15.4 Å². The van der Waals surface area contributed by atoms with Crippen LogP contribution >= 0.6 is 23.2 Å². The molecule has 0 saturated carbocycles. The molecular formula is C29H30Cl2F2N9O3+. The summed E-state index contributed by atoms with van der Waals surface area (Å²) in [6.07, 6.45) is 6.83. The highest BCUT2D eigenvalue weighted by Crippen LogP contribution is 2.35. The highest BCUT2D eigenvalue weighted by molar-refractivity contribution is 6.31. The predicted molar refractivity (Wildman–Crippen MR) is 165 cm³/mol. The fourth-order valence-corrected chi connectivity index (χ4v) is 5.59. The van der Waals surface area contributed by atoms with E-state index in [0.717, 1.165) is 0 Å². The van der Waals surface area contributed by atoms with E-state index in [1.54, 1.807) is 43.5 Å². The van der Waals surface area contributed by atoms with E-state index in [0.29, 0.717) is 51.5 Å². The van der Waals surface area contributed by atoms with Gasteiger partial charge in [0.15, 0.2) is 0 Å². The van der Waals surface area contributed by atoms with Gasteiger partial charge in [-0.1, -0.05) is 36.5 Å². The number of carbonyl (C=O) groups is 1. The van der Waals surface area contributed by atoms with Gasteiger partial charge in [0.2, 0.25) is 12.1 Å². The zero-order valence-corrected chi connectivity index (χ0v) is 25.7. The number of hydrazine groups is 1. The maximum Gasteiger partial charge on any atom is 0.333 e. The van der Waals surface area contributed by atoms with Crippen LogP contribution in [0.15, 0.2) is 71.3 Å². The Morgan fingerprint density at radius 1 is 1.24 bits per heavy atom. The average Bonchev–Trinajstić information content (AvgIpc) is 3.42. The number of carbonyl (C=O) groups excluding carboxylic acids is 1. The van der Waals surface area contributed by atoms with E-state index in [4.69, 9.17) is 39.6 Å². The number of anilines is 2. The molecule has 0 fully saturated rings. The summed E-state index contributed by atoms with van der Waals surface area (Å²) in [6, 6.07) is 8.74. The second-order valence-electron chi connectivity index (χ2n) is 10.4. The third-order valence-electron chi connectivity index (χ3n) is 7.51. The summed E-state index contributed by atoms with van der Waals surface area (Å²) in [5.41, 5.74) is 7.30. The topological polar surface area (TPSA) is 150 Å². The van der Waals surface area contributed by atoms with E-state index >= 15 is 0 Å². The van der Waals surface area contributed by atoms with Crippen molar-refractivity contribution in [2.75, 3.05) is 17.4 Å². The van der Waals surface area contributed by atoms with Gasteiger partial charge in [-0.05, 0) is 31.0 Å². The molecule has 12 nitrogen and oxygen atoms in total. The normalized spacial score (nSPS) is 17.2. The number of pyridine rings is 1. The van der Waals surface area contributed by atoms with Crippen LogP contribution in [0.5, 0.6) is 0 Å². The Morgan fingerprint density at radius 2 is 2.02 bits per heavy atom. The molecule has 0 radical (unpaired) electrons. The number of nitrogens with zero attached hydrogens (tertiary/aromatic N) is 6. The number of hydrogen-bond acceptors (Lipinski definition) is 8. The SMILES string of the molecule is CO[n+]1ccc2cc1C(n1cnc(-c3cc(Cl)ccc3N(N)/C=C(\N)Cl)cc1=O)CCCC(C)C(=O)Nc1cnn(C(F)F)c1-2. The molecule has 1 aliphatic heterocycles. The first kappa shape index (κ1) is 31.9. The van der Waals surface area contributed by atoms with Crippen LogP contribution < -0.4 is 37.0 Å². The summed E-state index contributed by atoms with van der Waals surface area (Å²) in [6.45, 7) is -1.22. The maximum absolute atomic E-state index is 14.0. The molecule has 2 atom stereocenters. The number of benzene rings is 1. The molecule has 16 heteroatoms. The number of amides is 1. The minimum absolute atomic E-state index is 0.0154. The minimum Gasteiger partial charge on any atom is -0.388 e. The first-order chi connectivity index (χ1) is 21.5. The largest absolute Gasteiger partial charge is 0.388 e. The number of alkyl halides is 2. The first-order valence-electron chi connectivity index (χ1n) is 13.8. The van der Waals surface area contributed by atoms with E-state index in [9.17, 15) is 18.4 Å². The second-order valence-corrected chi connectivity index (χ2v) is 11.3. The van der Waals surface area contributed by atoms with Gasteiger partial charge in [0.05, 0.1) is 41.5 Å². The van der Waals surface area contributed by atoms with E-state index in [1.165, 1.54) is 46.2 Å². The van der Waals surface area contributed by atoms with Crippen molar-refractivity contribution in [3.63, 3.8) is 0 Å². The molecule has 5 rings (SSSR count). The number of rotatable bonds is 6. The molecule has 3 aromatic heterocycles. The molecule has 0 spiro atoms. The van der Waals surface area contributed by atoms with Crippen molar-refractivity contribution < 1.29 is 23.1 Å². The number of fused-ring (bicyclic) bond motifs is 4. The Morgan fingerprint density at radius 3 is 2.71 bits per heavy atom. The van der Waals surface area contributed by atoms with Gasteiger partial charge in [-0.3, -0.25) is 24.0 Å². The van der Waals surface area contributed by atoms with Crippen LogP contribution in [0.25, 0.3) is 22.5 Å². The highest BCUT2D eigenvalue weighted by atomic mass is 35.5. The third-order valence-corrected chi connectivity index (χ3v) is 7.84. The van der Waals surface area contributed by atoms with E-state index < -0.39 is 24.1 Å². The second kappa shape index (κ2) is 13.2. The fourth-order valence-electron chi connectivity index (χ4n) is 5.32. The Hall–Kier alpha value is -4.53. The average molecular weight is 662 g/mol. The van der Waals surface area contributed by atoms with Crippen LogP contribution in [0.4, 0.5) is 20.2 Å². The van der Waals surface area contributed by atoms with Crippen LogP contribution in [-0.2, 0) is 4.79 Å². The fraction of sp³-hybridized carbons (Fsp3) is 0.276. The molecular weight excluding hydrogens is 631 g/mol. The Kier molecular flexibility index (Phi) is 9.37. The highest BCUT2D eigenvalue weighted by Gasteiger charge is 2.31. The molecule has 0 saturated heterocycles. The Labute approximate surface area is 266 Å². The van der Waals surface area contributed by atoms with Gasteiger partial charge in [0, 0.05) is 45.0 Å².